The zero-order valence-corrected chi connectivity index (χ0v) is 10.0. The summed E-state index contributed by atoms with van der Waals surface area (Å²) in [5.41, 5.74) is -0.265. The fraction of sp³-hybridized carbons (Fsp3) is 0.909. The lowest BCUT2D eigenvalue weighted by molar-refractivity contribution is -0.127. The third kappa shape index (κ3) is 6.11. The highest BCUT2D eigenvalue weighted by atomic mass is 16.3. The molecule has 0 aromatic carbocycles. The molecule has 1 N–H and O–H groups in total. The molecule has 0 aromatic heterocycles. The molecule has 0 fully saturated rings. The average Bonchev–Trinajstić information content (AvgIpc) is 1.99. The lowest BCUT2D eigenvalue weighted by Gasteiger charge is -2.22. The van der Waals surface area contributed by atoms with Crippen molar-refractivity contribution in [3.05, 3.63) is 0 Å². The van der Waals surface area contributed by atoms with E-state index >= 15 is 0 Å². The van der Waals surface area contributed by atoms with Crippen LogP contribution in [-0.4, -0.2) is 42.0 Å². The van der Waals surface area contributed by atoms with Gasteiger partial charge in [0.1, 0.15) is 0 Å². The van der Waals surface area contributed by atoms with E-state index < -0.39 is 0 Å². The van der Waals surface area contributed by atoms with Crippen molar-refractivity contribution in [3.63, 3.8) is 0 Å². The molecule has 0 radical (unpaired) electrons. The summed E-state index contributed by atoms with van der Waals surface area (Å²) in [5, 5.41) is 9.08. The molecule has 14 heavy (non-hydrogen) atoms. The normalized spacial score (nSPS) is 14.5. The topological polar surface area (TPSA) is 40.5 Å². The molecule has 0 aliphatic carbocycles. The molecule has 3 heteroatoms. The second-order valence-electron chi connectivity index (χ2n) is 5.05. The second-order valence-corrected chi connectivity index (χ2v) is 5.05. The minimum absolute atomic E-state index is 0.241. The number of carbonyl (C=O) groups is 1. The summed E-state index contributed by atoms with van der Waals surface area (Å²) in [6, 6.07) is 0. The summed E-state index contributed by atoms with van der Waals surface area (Å²) in [6.45, 7) is 8.78. The van der Waals surface area contributed by atoms with Crippen LogP contribution in [0.15, 0.2) is 0 Å². The molecule has 0 saturated heterocycles. The van der Waals surface area contributed by atoms with Crippen molar-refractivity contribution in [1.82, 2.24) is 4.90 Å². The minimum atomic E-state index is -0.290. The number of rotatable bonds is 5. The smallest absolute Gasteiger partial charge is 0.152 e. The number of likely N-dealkylation sites (N-methyl/N-ethyl adjacent to an activating group) is 1. The summed E-state index contributed by atoms with van der Waals surface area (Å²) in [5.74, 6) is 0.241. The van der Waals surface area contributed by atoms with Crippen LogP contribution in [0.4, 0.5) is 0 Å². The quantitative estimate of drug-likeness (QED) is 0.729. The number of Topliss-reactive ketones (excluding diaryl/α,β-unsaturated/α-hetero) is 1. The maximum atomic E-state index is 11.6. The van der Waals surface area contributed by atoms with Gasteiger partial charge in [0.2, 0.25) is 0 Å². The molecule has 0 saturated carbocycles. The van der Waals surface area contributed by atoms with Gasteiger partial charge < -0.3 is 5.11 Å². The van der Waals surface area contributed by atoms with Crippen LogP contribution in [0.5, 0.6) is 0 Å². The Balaban J connectivity index is 3.83. The molecule has 1 unspecified atom stereocenters. The van der Waals surface area contributed by atoms with Crippen LogP contribution in [0.1, 0.15) is 34.1 Å². The number of nitrogens with zero attached hydrogens (tertiary/aromatic N) is 1. The van der Waals surface area contributed by atoms with Crippen molar-refractivity contribution < 1.29 is 9.90 Å². The van der Waals surface area contributed by atoms with Gasteiger partial charge in [-0.3, -0.25) is 9.69 Å². The van der Waals surface area contributed by atoms with Crippen molar-refractivity contribution in [3.8, 4) is 0 Å². The molecule has 3 nitrogen and oxygen atoms in total. The maximum Gasteiger partial charge on any atom is 0.152 e. The molecule has 0 spiro atoms. The van der Waals surface area contributed by atoms with E-state index in [4.69, 9.17) is 5.11 Å². The van der Waals surface area contributed by atoms with E-state index in [1.165, 1.54) is 0 Å². The number of hydrogen-bond acceptors (Lipinski definition) is 3. The van der Waals surface area contributed by atoms with Crippen LogP contribution >= 0.6 is 0 Å². The maximum absolute atomic E-state index is 11.6. The van der Waals surface area contributed by atoms with Crippen LogP contribution in [-0.2, 0) is 4.79 Å². The minimum Gasteiger partial charge on any atom is -0.393 e. The monoisotopic (exact) mass is 201 g/mol. The zero-order chi connectivity index (χ0) is 11.4. The Morgan fingerprint density at radius 3 is 2.29 bits per heavy atom. The molecular formula is C11H23NO2. The van der Waals surface area contributed by atoms with Crippen LogP contribution in [0.25, 0.3) is 0 Å². The first-order chi connectivity index (χ1) is 6.23. The predicted octanol–water partition coefficient (Wildman–Crippen LogP) is 1.30. The summed E-state index contributed by atoms with van der Waals surface area (Å²) < 4.78 is 0. The molecule has 0 amide bonds. The van der Waals surface area contributed by atoms with Crippen molar-refractivity contribution in [2.75, 3.05) is 20.1 Å². The lowest BCUT2D eigenvalue weighted by atomic mass is 9.90. The van der Waals surface area contributed by atoms with Crippen LogP contribution in [0.2, 0.25) is 0 Å². The highest BCUT2D eigenvalue weighted by molar-refractivity contribution is 5.85. The summed E-state index contributed by atoms with van der Waals surface area (Å²) in [7, 11) is 1.91. The van der Waals surface area contributed by atoms with Gasteiger partial charge in [0.25, 0.3) is 0 Å². The van der Waals surface area contributed by atoms with E-state index in [9.17, 15) is 4.79 Å². The Morgan fingerprint density at radius 1 is 1.43 bits per heavy atom. The van der Waals surface area contributed by atoms with Gasteiger partial charge in [0.05, 0.1) is 12.6 Å². The summed E-state index contributed by atoms with van der Waals surface area (Å²) in [4.78, 5) is 13.6. The summed E-state index contributed by atoms with van der Waals surface area (Å²) >= 11 is 0. The molecule has 0 heterocycles. The van der Waals surface area contributed by atoms with Crippen LogP contribution in [0.3, 0.4) is 0 Å². The molecule has 84 valence electrons. The number of carbonyl (C=O) groups excluding carboxylic acids is 1. The molecule has 0 aliphatic heterocycles. The van der Waals surface area contributed by atoms with Crippen LogP contribution < -0.4 is 0 Å². The highest BCUT2D eigenvalue weighted by Gasteiger charge is 2.21. The Labute approximate surface area is 87.1 Å². The van der Waals surface area contributed by atoms with E-state index in [2.05, 4.69) is 0 Å². The molecule has 0 aliphatic rings. The van der Waals surface area contributed by atoms with Crippen molar-refractivity contribution in [2.45, 2.75) is 40.2 Å². The number of hydrogen-bond donors (Lipinski definition) is 1. The number of aliphatic hydroxyl groups is 1. The molecule has 0 rings (SSSR count). The van der Waals surface area contributed by atoms with Gasteiger partial charge in [-0.05, 0) is 20.4 Å². The number of ketones is 1. The zero-order valence-electron chi connectivity index (χ0n) is 10.0. The van der Waals surface area contributed by atoms with Crippen molar-refractivity contribution >= 4 is 5.78 Å². The van der Waals surface area contributed by atoms with Gasteiger partial charge in [-0.1, -0.05) is 20.8 Å². The van der Waals surface area contributed by atoms with Gasteiger partial charge in [-0.2, -0.15) is 0 Å². The van der Waals surface area contributed by atoms with Gasteiger partial charge in [0, 0.05) is 12.0 Å². The first-order valence-electron chi connectivity index (χ1n) is 5.13. The van der Waals surface area contributed by atoms with Crippen LogP contribution in [0, 0.1) is 5.41 Å². The predicted molar refractivity (Wildman–Crippen MR) is 58.3 cm³/mol. The van der Waals surface area contributed by atoms with E-state index in [0.717, 1.165) is 6.54 Å². The van der Waals surface area contributed by atoms with E-state index in [1.807, 2.05) is 32.7 Å². The lowest BCUT2D eigenvalue weighted by Crippen LogP contribution is -2.34. The Bertz CT molecular complexity index is 182. The average molecular weight is 201 g/mol. The molecule has 0 bridgehead atoms. The first kappa shape index (κ1) is 13.6. The van der Waals surface area contributed by atoms with Gasteiger partial charge >= 0.3 is 0 Å². The Hall–Kier alpha value is -0.410. The first-order valence-corrected chi connectivity index (χ1v) is 5.13. The Morgan fingerprint density at radius 2 is 1.93 bits per heavy atom. The molecule has 1 atom stereocenters. The largest absolute Gasteiger partial charge is 0.393 e. The van der Waals surface area contributed by atoms with Gasteiger partial charge in [-0.25, -0.2) is 0 Å². The fourth-order valence-electron chi connectivity index (χ4n) is 0.969. The summed E-state index contributed by atoms with van der Waals surface area (Å²) in [6.07, 6.45) is 0.427. The van der Waals surface area contributed by atoms with E-state index in [1.54, 1.807) is 6.92 Å². The van der Waals surface area contributed by atoms with Gasteiger partial charge in [-0.15, -0.1) is 0 Å². The van der Waals surface area contributed by atoms with Crippen molar-refractivity contribution in [1.29, 1.82) is 0 Å². The third-order valence-electron chi connectivity index (χ3n) is 2.18. The number of aliphatic hydroxyl groups excluding tert-OH is 1. The third-order valence-corrected chi connectivity index (χ3v) is 2.18. The van der Waals surface area contributed by atoms with E-state index in [-0.39, 0.29) is 17.3 Å². The second kappa shape index (κ2) is 5.47. The molecular weight excluding hydrogens is 178 g/mol. The standard InChI is InChI=1S/C11H23NO2/c1-9(13)6-7-12(5)8-10(14)11(2,3)4/h9,13H,6-8H2,1-5H3. The van der Waals surface area contributed by atoms with Gasteiger partial charge in [0.15, 0.2) is 5.78 Å². The Kier molecular flexibility index (Phi) is 5.31. The molecule has 0 aromatic rings. The van der Waals surface area contributed by atoms with E-state index in [0.29, 0.717) is 13.0 Å². The van der Waals surface area contributed by atoms with Crippen molar-refractivity contribution in [2.24, 2.45) is 5.41 Å². The fourth-order valence-corrected chi connectivity index (χ4v) is 0.969. The SMILES string of the molecule is CC(O)CCN(C)CC(=O)C(C)(C)C. The highest BCUT2D eigenvalue weighted by Crippen LogP contribution is 2.14.